The van der Waals surface area contributed by atoms with Crippen LogP contribution in [0.4, 0.5) is 0 Å². The minimum absolute atomic E-state index is 0.0144. The first-order valence-electron chi connectivity index (χ1n) is 6.39. The largest absolute Gasteiger partial charge is 0.393 e. The van der Waals surface area contributed by atoms with E-state index in [0.717, 1.165) is 10.9 Å². The molecule has 0 radical (unpaired) electrons. The van der Waals surface area contributed by atoms with Crippen molar-refractivity contribution in [3.05, 3.63) is 42.1 Å². The van der Waals surface area contributed by atoms with E-state index in [9.17, 15) is 4.79 Å². The normalized spacial score (nSPS) is 12.1. The molecule has 0 fully saturated rings. The van der Waals surface area contributed by atoms with Crippen LogP contribution in [-0.4, -0.2) is 34.4 Å². The molecule has 0 bridgehead atoms. The topological polar surface area (TPSA) is 59.2 Å². The Morgan fingerprint density at radius 2 is 2.05 bits per heavy atom. The molecule has 5 heteroatoms. The van der Waals surface area contributed by atoms with Crippen LogP contribution in [0.25, 0.3) is 10.9 Å². The number of hydrogen-bond acceptors (Lipinski definition) is 3. The Hall–Kier alpha value is -2.01. The molecular weight excluding hydrogens is 270 g/mol. The van der Waals surface area contributed by atoms with E-state index in [2.05, 4.69) is 4.98 Å². The van der Waals surface area contributed by atoms with E-state index in [1.807, 2.05) is 37.3 Å². The van der Waals surface area contributed by atoms with Crippen molar-refractivity contribution in [3.63, 3.8) is 0 Å². The fourth-order valence-electron chi connectivity index (χ4n) is 1.96. The number of benzene rings is 1. The maximum absolute atomic E-state index is 12.3. The van der Waals surface area contributed by atoms with Crippen LogP contribution in [0.1, 0.15) is 17.4 Å². The van der Waals surface area contributed by atoms with E-state index in [0.29, 0.717) is 17.2 Å². The number of fused-ring (bicyclic) bond motifs is 1. The van der Waals surface area contributed by atoms with Crippen LogP contribution < -0.4 is 5.73 Å². The van der Waals surface area contributed by atoms with Crippen LogP contribution >= 0.6 is 12.2 Å². The zero-order valence-corrected chi connectivity index (χ0v) is 12.4. The van der Waals surface area contributed by atoms with Crippen molar-refractivity contribution in [3.8, 4) is 0 Å². The number of rotatable bonds is 4. The predicted molar refractivity (Wildman–Crippen MR) is 84.7 cm³/mol. The highest BCUT2D eigenvalue weighted by atomic mass is 32.1. The molecule has 1 aromatic heterocycles. The molecule has 0 saturated heterocycles. The van der Waals surface area contributed by atoms with Gasteiger partial charge in [0.15, 0.2) is 0 Å². The lowest BCUT2D eigenvalue weighted by Crippen LogP contribution is -2.35. The minimum atomic E-state index is -0.126. The van der Waals surface area contributed by atoms with Gasteiger partial charge < -0.3 is 10.6 Å². The number of carbonyl (C=O) groups excluding carboxylic acids is 1. The lowest BCUT2D eigenvalue weighted by Gasteiger charge is -2.20. The van der Waals surface area contributed by atoms with E-state index < -0.39 is 0 Å². The van der Waals surface area contributed by atoms with Gasteiger partial charge in [0.25, 0.3) is 5.91 Å². The number of aromatic nitrogens is 1. The zero-order chi connectivity index (χ0) is 14.7. The molecule has 0 aliphatic heterocycles. The Morgan fingerprint density at radius 3 is 2.75 bits per heavy atom. The summed E-state index contributed by atoms with van der Waals surface area (Å²) in [6, 6.07) is 11.4. The summed E-state index contributed by atoms with van der Waals surface area (Å²) >= 11 is 4.93. The van der Waals surface area contributed by atoms with Gasteiger partial charge in [-0.25, -0.2) is 4.98 Å². The molecule has 1 heterocycles. The zero-order valence-electron chi connectivity index (χ0n) is 11.5. The molecule has 2 N–H and O–H groups in total. The van der Waals surface area contributed by atoms with Crippen molar-refractivity contribution in [1.29, 1.82) is 0 Å². The van der Waals surface area contributed by atoms with E-state index in [1.165, 1.54) is 0 Å². The number of hydrogen-bond donors (Lipinski definition) is 1. The van der Waals surface area contributed by atoms with Gasteiger partial charge in [0.1, 0.15) is 5.69 Å². The maximum Gasteiger partial charge on any atom is 0.272 e. The maximum atomic E-state index is 12.3. The summed E-state index contributed by atoms with van der Waals surface area (Å²) in [5.41, 5.74) is 6.82. The van der Waals surface area contributed by atoms with E-state index >= 15 is 0 Å². The third-order valence-electron chi connectivity index (χ3n) is 3.20. The van der Waals surface area contributed by atoms with E-state index in [4.69, 9.17) is 18.0 Å². The third-order valence-corrected chi connectivity index (χ3v) is 3.60. The smallest absolute Gasteiger partial charge is 0.272 e. The standard InChI is InChI=1S/C15H17N3OS/c1-10(14(16)20)9-18(2)15(19)13-8-7-11-5-3-4-6-12(11)17-13/h3-8,10H,9H2,1-2H3,(H2,16,20). The monoisotopic (exact) mass is 287 g/mol. The van der Waals surface area contributed by atoms with Gasteiger partial charge in [-0.1, -0.05) is 43.4 Å². The summed E-state index contributed by atoms with van der Waals surface area (Å²) in [5, 5.41) is 1.02. The summed E-state index contributed by atoms with van der Waals surface area (Å²) in [7, 11) is 1.73. The van der Waals surface area contributed by atoms with Crippen LogP contribution in [0, 0.1) is 5.92 Å². The lowest BCUT2D eigenvalue weighted by atomic mass is 10.1. The van der Waals surface area contributed by atoms with Gasteiger partial charge in [0, 0.05) is 24.9 Å². The van der Waals surface area contributed by atoms with Gasteiger partial charge in [-0.2, -0.15) is 0 Å². The molecule has 1 amide bonds. The predicted octanol–water partition coefficient (Wildman–Crippen LogP) is 2.23. The van der Waals surface area contributed by atoms with Crippen molar-refractivity contribution in [2.24, 2.45) is 11.7 Å². The van der Waals surface area contributed by atoms with Gasteiger partial charge in [0.2, 0.25) is 0 Å². The summed E-state index contributed by atoms with van der Waals surface area (Å²) in [5.74, 6) is -0.141. The van der Waals surface area contributed by atoms with Crippen molar-refractivity contribution >= 4 is 34.0 Å². The Kier molecular flexibility index (Phi) is 4.29. The molecular formula is C15H17N3OS. The van der Waals surface area contributed by atoms with Crippen LogP contribution in [0.2, 0.25) is 0 Å². The molecule has 2 aromatic rings. The SMILES string of the molecule is CC(CN(C)C(=O)c1ccc2ccccc2n1)C(N)=S. The molecule has 0 aliphatic rings. The first kappa shape index (κ1) is 14.4. The number of nitrogens with zero attached hydrogens (tertiary/aromatic N) is 2. The second-order valence-electron chi connectivity index (χ2n) is 4.88. The van der Waals surface area contributed by atoms with Gasteiger partial charge in [0.05, 0.1) is 10.5 Å². The first-order valence-corrected chi connectivity index (χ1v) is 6.80. The Balaban J connectivity index is 2.20. The highest BCUT2D eigenvalue weighted by molar-refractivity contribution is 7.80. The average molecular weight is 287 g/mol. The van der Waals surface area contributed by atoms with Crippen LogP contribution in [0.15, 0.2) is 36.4 Å². The average Bonchev–Trinajstić information content (AvgIpc) is 2.45. The molecule has 0 spiro atoms. The quantitative estimate of drug-likeness (QED) is 0.876. The fourth-order valence-corrected chi connectivity index (χ4v) is 2.04. The fraction of sp³-hybridized carbons (Fsp3) is 0.267. The Morgan fingerprint density at radius 1 is 1.35 bits per heavy atom. The molecule has 0 saturated carbocycles. The second-order valence-corrected chi connectivity index (χ2v) is 5.35. The molecule has 1 atom stereocenters. The first-order chi connectivity index (χ1) is 9.49. The van der Waals surface area contributed by atoms with Gasteiger partial charge in [-0.05, 0) is 12.1 Å². The molecule has 1 aromatic carbocycles. The highest BCUT2D eigenvalue weighted by Crippen LogP contribution is 2.13. The summed E-state index contributed by atoms with van der Waals surface area (Å²) < 4.78 is 0. The van der Waals surface area contributed by atoms with Crippen LogP contribution in [0.3, 0.4) is 0 Å². The van der Waals surface area contributed by atoms with Gasteiger partial charge >= 0.3 is 0 Å². The van der Waals surface area contributed by atoms with E-state index in [1.54, 1.807) is 18.0 Å². The number of para-hydroxylation sites is 1. The molecule has 1 unspecified atom stereocenters. The van der Waals surface area contributed by atoms with Crippen molar-refractivity contribution in [1.82, 2.24) is 9.88 Å². The molecule has 104 valence electrons. The molecule has 20 heavy (non-hydrogen) atoms. The molecule has 2 rings (SSSR count). The van der Waals surface area contributed by atoms with Crippen molar-refractivity contribution < 1.29 is 4.79 Å². The Bertz CT molecular complexity index is 656. The van der Waals surface area contributed by atoms with Crippen LogP contribution in [0.5, 0.6) is 0 Å². The number of carbonyl (C=O) groups is 1. The molecule has 0 aliphatic carbocycles. The number of nitrogens with two attached hydrogens (primary N) is 1. The van der Waals surface area contributed by atoms with Crippen LogP contribution in [-0.2, 0) is 0 Å². The minimum Gasteiger partial charge on any atom is -0.393 e. The van der Waals surface area contributed by atoms with Gasteiger partial charge in [-0.3, -0.25) is 4.79 Å². The Labute approximate surface area is 123 Å². The number of amides is 1. The second kappa shape index (κ2) is 5.96. The molecule has 4 nitrogen and oxygen atoms in total. The van der Waals surface area contributed by atoms with Crippen molar-refractivity contribution in [2.75, 3.05) is 13.6 Å². The number of pyridine rings is 1. The summed E-state index contributed by atoms with van der Waals surface area (Å²) in [4.78, 5) is 18.7. The lowest BCUT2D eigenvalue weighted by molar-refractivity contribution is 0.0781. The van der Waals surface area contributed by atoms with Gasteiger partial charge in [-0.15, -0.1) is 0 Å². The summed E-state index contributed by atoms with van der Waals surface area (Å²) in [6.07, 6.45) is 0. The third kappa shape index (κ3) is 3.11. The highest BCUT2D eigenvalue weighted by Gasteiger charge is 2.17. The number of thiocarbonyl (C=S) groups is 1. The van der Waals surface area contributed by atoms with E-state index in [-0.39, 0.29) is 11.8 Å². The van der Waals surface area contributed by atoms with Crippen molar-refractivity contribution in [2.45, 2.75) is 6.92 Å². The summed E-state index contributed by atoms with van der Waals surface area (Å²) in [6.45, 7) is 2.39.